The van der Waals surface area contributed by atoms with Gasteiger partial charge in [0.05, 0.1) is 6.04 Å². The average molecular weight is 262 g/mol. The molecule has 4 saturated carbocycles. The van der Waals surface area contributed by atoms with Crippen LogP contribution in [-0.4, -0.2) is 24.5 Å². The summed E-state index contributed by atoms with van der Waals surface area (Å²) in [5.74, 6) is 4.03. The van der Waals surface area contributed by atoms with E-state index in [2.05, 4.69) is 10.6 Å². The first kappa shape index (κ1) is 12.2. The monoisotopic (exact) mass is 262 g/mol. The highest BCUT2D eigenvalue weighted by Crippen LogP contribution is 2.53. The fourth-order valence-corrected chi connectivity index (χ4v) is 5.53. The third kappa shape index (κ3) is 2.20. The molecule has 106 valence electrons. The van der Waals surface area contributed by atoms with Gasteiger partial charge in [0.15, 0.2) is 0 Å². The summed E-state index contributed by atoms with van der Waals surface area (Å²) in [4.78, 5) is 12.1. The fraction of sp³-hybridized carbons (Fsp3) is 0.938. The molecule has 0 aromatic carbocycles. The van der Waals surface area contributed by atoms with Crippen LogP contribution >= 0.6 is 0 Å². The summed E-state index contributed by atoms with van der Waals surface area (Å²) in [7, 11) is 0. The minimum absolute atomic E-state index is 0.0880. The molecule has 4 aliphatic carbocycles. The van der Waals surface area contributed by atoms with E-state index < -0.39 is 0 Å². The lowest BCUT2D eigenvalue weighted by Gasteiger charge is -2.55. The molecule has 1 heterocycles. The van der Waals surface area contributed by atoms with E-state index in [1.807, 2.05) is 0 Å². The third-order valence-corrected chi connectivity index (χ3v) is 6.16. The van der Waals surface area contributed by atoms with Crippen LogP contribution in [0.3, 0.4) is 0 Å². The molecule has 0 unspecified atom stereocenters. The average Bonchev–Trinajstić information content (AvgIpc) is 2.58. The van der Waals surface area contributed by atoms with Crippen molar-refractivity contribution in [2.45, 2.75) is 63.5 Å². The maximum atomic E-state index is 12.1. The maximum absolute atomic E-state index is 12.1. The lowest BCUT2D eigenvalue weighted by Crippen LogP contribution is -2.59. The van der Waals surface area contributed by atoms with Crippen LogP contribution in [0.15, 0.2) is 0 Å². The normalized spacial score (nSPS) is 48.9. The molecule has 0 aromatic rings. The number of carbonyl (C=O) groups is 1. The number of amides is 1. The van der Waals surface area contributed by atoms with Crippen LogP contribution in [0.2, 0.25) is 0 Å². The SMILES string of the molecule is O=C1NCCCC[C@@H]1NC1C2CC3CC(C2)CC1C3. The number of hydrogen-bond acceptors (Lipinski definition) is 2. The Kier molecular flexibility index (Phi) is 3.06. The Morgan fingerprint density at radius 2 is 1.63 bits per heavy atom. The molecule has 5 fully saturated rings. The number of nitrogens with one attached hydrogen (secondary N) is 2. The second kappa shape index (κ2) is 4.76. The highest BCUT2D eigenvalue weighted by Gasteiger charge is 2.48. The minimum Gasteiger partial charge on any atom is -0.355 e. The van der Waals surface area contributed by atoms with Gasteiger partial charge in [-0.15, -0.1) is 0 Å². The van der Waals surface area contributed by atoms with E-state index in [0.29, 0.717) is 6.04 Å². The lowest BCUT2D eigenvalue weighted by molar-refractivity contribution is -0.124. The lowest BCUT2D eigenvalue weighted by atomic mass is 9.54. The summed E-state index contributed by atoms with van der Waals surface area (Å²) < 4.78 is 0. The van der Waals surface area contributed by atoms with E-state index in [1.54, 1.807) is 0 Å². The van der Waals surface area contributed by atoms with Gasteiger partial charge in [-0.1, -0.05) is 0 Å². The van der Waals surface area contributed by atoms with Gasteiger partial charge in [-0.25, -0.2) is 0 Å². The van der Waals surface area contributed by atoms with Crippen LogP contribution in [-0.2, 0) is 4.79 Å². The van der Waals surface area contributed by atoms with Crippen LogP contribution in [0.4, 0.5) is 0 Å². The molecule has 0 radical (unpaired) electrons. The Morgan fingerprint density at radius 3 is 2.32 bits per heavy atom. The highest BCUT2D eigenvalue weighted by molar-refractivity contribution is 5.81. The summed E-state index contributed by atoms with van der Waals surface area (Å²) in [6.45, 7) is 0.874. The Morgan fingerprint density at radius 1 is 0.947 bits per heavy atom. The molecule has 4 bridgehead atoms. The van der Waals surface area contributed by atoms with Crippen LogP contribution in [0, 0.1) is 23.7 Å². The minimum atomic E-state index is 0.0880. The molecule has 0 aromatic heterocycles. The van der Waals surface area contributed by atoms with Crippen molar-refractivity contribution in [2.24, 2.45) is 23.7 Å². The van der Waals surface area contributed by atoms with E-state index in [-0.39, 0.29) is 11.9 Å². The molecule has 1 atom stereocenters. The molecular weight excluding hydrogens is 236 g/mol. The van der Waals surface area contributed by atoms with Crippen molar-refractivity contribution in [3.05, 3.63) is 0 Å². The molecule has 1 amide bonds. The fourth-order valence-electron chi connectivity index (χ4n) is 5.53. The van der Waals surface area contributed by atoms with Crippen LogP contribution < -0.4 is 10.6 Å². The van der Waals surface area contributed by atoms with Gasteiger partial charge in [0.1, 0.15) is 0 Å². The molecule has 19 heavy (non-hydrogen) atoms. The molecule has 2 N–H and O–H groups in total. The van der Waals surface area contributed by atoms with Crippen molar-refractivity contribution >= 4 is 5.91 Å². The largest absolute Gasteiger partial charge is 0.355 e. The van der Waals surface area contributed by atoms with Crippen LogP contribution in [0.25, 0.3) is 0 Å². The Bertz CT molecular complexity index is 340. The van der Waals surface area contributed by atoms with Gasteiger partial charge < -0.3 is 10.6 Å². The van der Waals surface area contributed by atoms with Crippen LogP contribution in [0.5, 0.6) is 0 Å². The summed E-state index contributed by atoms with van der Waals surface area (Å²) in [5.41, 5.74) is 0. The molecule has 3 heteroatoms. The zero-order valence-electron chi connectivity index (χ0n) is 11.7. The molecule has 0 spiro atoms. The van der Waals surface area contributed by atoms with Crippen molar-refractivity contribution in [2.75, 3.05) is 6.54 Å². The highest BCUT2D eigenvalue weighted by atomic mass is 16.2. The first-order chi connectivity index (χ1) is 9.29. The number of hydrogen-bond donors (Lipinski definition) is 2. The van der Waals surface area contributed by atoms with Gasteiger partial charge in [0, 0.05) is 12.6 Å². The first-order valence-electron chi connectivity index (χ1n) is 8.33. The van der Waals surface area contributed by atoms with Gasteiger partial charge in [-0.3, -0.25) is 4.79 Å². The summed E-state index contributed by atoms with van der Waals surface area (Å²) in [6, 6.07) is 0.728. The summed E-state index contributed by atoms with van der Waals surface area (Å²) in [6.07, 6.45) is 10.6. The van der Waals surface area contributed by atoms with E-state index in [4.69, 9.17) is 0 Å². The zero-order valence-corrected chi connectivity index (χ0v) is 11.7. The molecule has 1 aliphatic heterocycles. The van der Waals surface area contributed by atoms with Gasteiger partial charge in [0.2, 0.25) is 5.91 Å². The van der Waals surface area contributed by atoms with E-state index >= 15 is 0 Å². The molecule has 3 nitrogen and oxygen atoms in total. The predicted octanol–water partition coefficient (Wildman–Crippen LogP) is 2.07. The Balaban J connectivity index is 1.46. The van der Waals surface area contributed by atoms with Gasteiger partial charge in [0.25, 0.3) is 0 Å². The standard InChI is InChI=1S/C16H26N2O/c19-16-14(3-1-2-4-17-16)18-15-12-6-10-5-11(8-12)9-13(15)7-10/h10-15,18H,1-9H2,(H,17,19)/t10?,11?,12?,13?,14-,15?/m0/s1. The van der Waals surface area contributed by atoms with E-state index in [1.165, 1.54) is 38.5 Å². The first-order valence-corrected chi connectivity index (χ1v) is 8.33. The van der Waals surface area contributed by atoms with Gasteiger partial charge >= 0.3 is 0 Å². The van der Waals surface area contributed by atoms with E-state index in [0.717, 1.165) is 43.1 Å². The molecular formula is C16H26N2O. The molecule has 5 aliphatic rings. The van der Waals surface area contributed by atoms with Crippen molar-refractivity contribution in [1.29, 1.82) is 0 Å². The topological polar surface area (TPSA) is 41.1 Å². The molecule has 1 saturated heterocycles. The Labute approximate surface area is 115 Å². The quantitative estimate of drug-likeness (QED) is 0.800. The number of rotatable bonds is 2. The van der Waals surface area contributed by atoms with Crippen molar-refractivity contribution in [3.8, 4) is 0 Å². The third-order valence-electron chi connectivity index (χ3n) is 6.16. The second-order valence-corrected chi connectivity index (χ2v) is 7.46. The predicted molar refractivity (Wildman–Crippen MR) is 74.6 cm³/mol. The molecule has 5 rings (SSSR count). The van der Waals surface area contributed by atoms with Crippen molar-refractivity contribution in [1.82, 2.24) is 10.6 Å². The number of carbonyl (C=O) groups excluding carboxylic acids is 1. The summed E-state index contributed by atoms with van der Waals surface area (Å²) >= 11 is 0. The van der Waals surface area contributed by atoms with E-state index in [9.17, 15) is 4.79 Å². The van der Waals surface area contributed by atoms with Crippen LogP contribution in [0.1, 0.15) is 51.4 Å². The van der Waals surface area contributed by atoms with Gasteiger partial charge in [-0.05, 0) is 75.0 Å². The Hall–Kier alpha value is -0.570. The van der Waals surface area contributed by atoms with Crippen molar-refractivity contribution < 1.29 is 4.79 Å². The second-order valence-electron chi connectivity index (χ2n) is 7.46. The van der Waals surface area contributed by atoms with Crippen molar-refractivity contribution in [3.63, 3.8) is 0 Å². The maximum Gasteiger partial charge on any atom is 0.237 e. The van der Waals surface area contributed by atoms with Gasteiger partial charge in [-0.2, -0.15) is 0 Å². The smallest absolute Gasteiger partial charge is 0.237 e. The zero-order chi connectivity index (χ0) is 12.8. The summed E-state index contributed by atoms with van der Waals surface area (Å²) in [5, 5.41) is 6.84.